The lowest BCUT2D eigenvalue weighted by Gasteiger charge is -2.36. The lowest BCUT2D eigenvalue weighted by molar-refractivity contribution is 0.665. The number of aromatic nitrogens is 1. The van der Waals surface area contributed by atoms with Crippen molar-refractivity contribution >= 4 is 49.4 Å². The summed E-state index contributed by atoms with van der Waals surface area (Å²) in [4.78, 5) is 5.22. The summed E-state index contributed by atoms with van der Waals surface area (Å²) in [6, 6.07) is 66.3. The van der Waals surface area contributed by atoms with Gasteiger partial charge in [0.15, 0.2) is 5.58 Å². The molecule has 10 aromatic rings. The van der Waals surface area contributed by atoms with E-state index in [1.807, 2.05) is 12.1 Å². The molecule has 54 heavy (non-hydrogen) atoms. The molecular formula is C50H32N3O-. The van der Waals surface area contributed by atoms with Crippen molar-refractivity contribution in [3.05, 3.63) is 215 Å². The van der Waals surface area contributed by atoms with Gasteiger partial charge in [-0.05, 0) is 68.9 Å². The van der Waals surface area contributed by atoms with Gasteiger partial charge in [0.05, 0.1) is 22.1 Å². The molecule has 0 bridgehead atoms. The van der Waals surface area contributed by atoms with Crippen molar-refractivity contribution in [2.75, 3.05) is 0 Å². The minimum Gasteiger partial charge on any atom is -0.659 e. The molecular weight excluding hydrogens is 659 g/mol. The Morgan fingerprint density at radius 1 is 0.481 bits per heavy atom. The van der Waals surface area contributed by atoms with E-state index in [0.29, 0.717) is 0 Å². The fourth-order valence-electron chi connectivity index (χ4n) is 8.25. The van der Waals surface area contributed by atoms with Crippen molar-refractivity contribution in [2.45, 2.75) is 6.17 Å². The summed E-state index contributed by atoms with van der Waals surface area (Å²) in [5, 5.41) is 11.8. The fourth-order valence-corrected chi connectivity index (χ4v) is 8.25. The highest BCUT2D eigenvalue weighted by Gasteiger charge is 2.21. The quantitative estimate of drug-likeness (QED) is 0.177. The van der Waals surface area contributed by atoms with Crippen LogP contribution in [0, 0.1) is 0 Å². The molecule has 0 spiro atoms. The monoisotopic (exact) mass is 690 g/mol. The number of rotatable bonds is 5. The van der Waals surface area contributed by atoms with E-state index in [1.54, 1.807) is 0 Å². The number of para-hydroxylation sites is 2. The Hall–Kier alpha value is -7.17. The van der Waals surface area contributed by atoms with Crippen molar-refractivity contribution in [1.29, 1.82) is 0 Å². The molecule has 0 saturated carbocycles. The Morgan fingerprint density at radius 3 is 1.74 bits per heavy atom. The predicted octanol–water partition coefficient (Wildman–Crippen LogP) is 11.9. The SMILES string of the molecule is c1ccc(C2=c3ccccc3=NC(c3cccc4oc5c(-n6c7cc(-c8ccccc8)ccc7c7ccc(-c8ccccc8)cc76)cccc5c34)[N-]2)cc1. The minimum absolute atomic E-state index is 0.432. The third-order valence-corrected chi connectivity index (χ3v) is 10.8. The molecule has 4 nitrogen and oxygen atoms in total. The average molecular weight is 691 g/mol. The van der Waals surface area contributed by atoms with Gasteiger partial charge in [-0.2, -0.15) is 0 Å². The Kier molecular flexibility index (Phi) is 6.89. The summed E-state index contributed by atoms with van der Waals surface area (Å²) in [6.07, 6.45) is -0.432. The molecule has 8 aromatic carbocycles. The van der Waals surface area contributed by atoms with E-state index in [-0.39, 0.29) is 0 Å². The first-order valence-electron chi connectivity index (χ1n) is 18.4. The zero-order valence-electron chi connectivity index (χ0n) is 29.2. The topological polar surface area (TPSA) is 44.5 Å². The van der Waals surface area contributed by atoms with E-state index in [1.165, 1.54) is 33.0 Å². The standard InChI is InChI=1S/C50H32N3O/c1-4-14-32(15-5-1)35-26-28-37-38-29-27-36(33-16-6-2-7-17-33)31-45(38)53(44(37)30-35)43-24-12-21-40-47-41(22-13-25-46(47)54-49(40)43)50-51-42-23-11-10-20-39(42)48(52-50)34-18-8-3-9-19-34/h1-31,50H/q-1. The minimum atomic E-state index is -0.432. The van der Waals surface area contributed by atoms with Crippen LogP contribution in [0.2, 0.25) is 0 Å². The van der Waals surface area contributed by atoms with Gasteiger partial charge in [-0.15, -0.1) is 5.70 Å². The number of hydrogen-bond acceptors (Lipinski definition) is 2. The molecule has 2 aromatic heterocycles. The maximum absolute atomic E-state index is 6.94. The van der Waals surface area contributed by atoms with Crippen molar-refractivity contribution in [3.8, 4) is 27.9 Å². The van der Waals surface area contributed by atoms with E-state index in [0.717, 1.165) is 66.1 Å². The summed E-state index contributed by atoms with van der Waals surface area (Å²) in [5.41, 5.74) is 12.6. The lowest BCUT2D eigenvalue weighted by atomic mass is 10.0. The summed E-state index contributed by atoms with van der Waals surface area (Å²) >= 11 is 0. The molecule has 4 heteroatoms. The largest absolute Gasteiger partial charge is 0.659 e. The zero-order valence-corrected chi connectivity index (χ0v) is 29.2. The fraction of sp³-hybridized carbons (Fsp3) is 0.0200. The Morgan fingerprint density at radius 2 is 1.07 bits per heavy atom. The first-order chi connectivity index (χ1) is 26.8. The average Bonchev–Trinajstić information content (AvgIpc) is 3.79. The number of hydrogen-bond donors (Lipinski definition) is 0. The number of benzene rings is 8. The van der Waals surface area contributed by atoms with Gasteiger partial charge in [0, 0.05) is 27.7 Å². The molecule has 0 amide bonds. The van der Waals surface area contributed by atoms with Crippen LogP contribution in [0.25, 0.3) is 82.7 Å². The van der Waals surface area contributed by atoms with E-state index in [9.17, 15) is 0 Å². The summed E-state index contributed by atoms with van der Waals surface area (Å²) in [6.45, 7) is 0. The Balaban J connectivity index is 1.16. The molecule has 0 fully saturated rings. The van der Waals surface area contributed by atoms with E-state index in [2.05, 4.69) is 180 Å². The molecule has 0 aliphatic carbocycles. The highest BCUT2D eigenvalue weighted by molar-refractivity contribution is 6.14. The van der Waals surface area contributed by atoms with E-state index < -0.39 is 6.17 Å². The third-order valence-electron chi connectivity index (χ3n) is 10.8. The molecule has 1 aliphatic heterocycles. The second-order valence-electron chi connectivity index (χ2n) is 13.9. The second kappa shape index (κ2) is 12.2. The first kappa shape index (κ1) is 30.5. The van der Waals surface area contributed by atoms with Crippen molar-refractivity contribution in [1.82, 2.24) is 4.57 Å². The number of furan rings is 1. The highest BCUT2D eigenvalue weighted by Crippen LogP contribution is 2.44. The molecule has 3 heterocycles. The number of fused-ring (bicyclic) bond motifs is 7. The van der Waals surface area contributed by atoms with Crippen molar-refractivity contribution in [2.24, 2.45) is 4.99 Å². The maximum Gasteiger partial charge on any atom is 0.159 e. The van der Waals surface area contributed by atoms with Gasteiger partial charge in [0.25, 0.3) is 0 Å². The van der Waals surface area contributed by atoms with Gasteiger partial charge < -0.3 is 14.3 Å². The van der Waals surface area contributed by atoms with Crippen LogP contribution in [0.4, 0.5) is 0 Å². The molecule has 1 atom stereocenters. The molecule has 254 valence electrons. The molecule has 0 N–H and O–H groups in total. The Bertz CT molecular complexity index is 3080. The Labute approximate surface area is 311 Å². The third kappa shape index (κ3) is 4.81. The number of nitrogens with zero attached hydrogens (tertiary/aromatic N) is 3. The van der Waals surface area contributed by atoms with Crippen molar-refractivity contribution < 1.29 is 4.42 Å². The van der Waals surface area contributed by atoms with Crippen LogP contribution in [0.1, 0.15) is 17.3 Å². The van der Waals surface area contributed by atoms with E-state index in [4.69, 9.17) is 14.7 Å². The highest BCUT2D eigenvalue weighted by atomic mass is 16.3. The molecule has 11 rings (SSSR count). The van der Waals surface area contributed by atoms with Gasteiger partial charge in [-0.3, -0.25) is 4.99 Å². The van der Waals surface area contributed by atoms with Gasteiger partial charge in [-0.1, -0.05) is 158 Å². The first-order valence-corrected chi connectivity index (χ1v) is 18.4. The lowest BCUT2D eigenvalue weighted by Crippen LogP contribution is -2.31. The van der Waals surface area contributed by atoms with Gasteiger partial charge in [-0.25, -0.2) is 0 Å². The van der Waals surface area contributed by atoms with Crippen LogP contribution in [0.3, 0.4) is 0 Å². The summed E-state index contributed by atoms with van der Waals surface area (Å²) < 4.78 is 9.33. The van der Waals surface area contributed by atoms with Crippen LogP contribution in [-0.2, 0) is 0 Å². The van der Waals surface area contributed by atoms with Crippen LogP contribution in [-0.4, -0.2) is 4.57 Å². The van der Waals surface area contributed by atoms with Crippen molar-refractivity contribution in [3.63, 3.8) is 0 Å². The van der Waals surface area contributed by atoms with Gasteiger partial charge in [0.2, 0.25) is 0 Å². The molecule has 1 aliphatic rings. The molecule has 1 unspecified atom stereocenters. The normalized spacial score (nSPS) is 14.0. The van der Waals surface area contributed by atoms with Crippen LogP contribution in [0.15, 0.2) is 197 Å². The van der Waals surface area contributed by atoms with E-state index >= 15 is 0 Å². The molecule has 0 saturated heterocycles. The van der Waals surface area contributed by atoms with Gasteiger partial charge in [0.1, 0.15) is 5.58 Å². The maximum atomic E-state index is 6.94. The predicted molar refractivity (Wildman–Crippen MR) is 221 cm³/mol. The summed E-state index contributed by atoms with van der Waals surface area (Å²) in [5.74, 6) is 0. The zero-order chi connectivity index (χ0) is 35.6. The van der Waals surface area contributed by atoms with Gasteiger partial charge >= 0.3 is 0 Å². The summed E-state index contributed by atoms with van der Waals surface area (Å²) in [7, 11) is 0. The molecule has 0 radical (unpaired) electrons. The second-order valence-corrected chi connectivity index (χ2v) is 13.9. The van der Waals surface area contributed by atoms with Crippen LogP contribution < -0.4 is 10.6 Å². The van der Waals surface area contributed by atoms with Crippen LogP contribution in [0.5, 0.6) is 0 Å². The smallest absolute Gasteiger partial charge is 0.159 e. The van der Waals surface area contributed by atoms with Crippen LogP contribution >= 0.6 is 0 Å².